The van der Waals surface area contributed by atoms with E-state index in [0.717, 1.165) is 49.1 Å². The van der Waals surface area contributed by atoms with Crippen LogP contribution < -0.4 is 0 Å². The van der Waals surface area contributed by atoms with Crippen molar-refractivity contribution < 1.29 is 13.2 Å². The third-order valence-corrected chi connectivity index (χ3v) is 5.40. The van der Waals surface area contributed by atoms with E-state index in [0.29, 0.717) is 17.4 Å². The van der Waals surface area contributed by atoms with Crippen molar-refractivity contribution in [1.82, 2.24) is 4.98 Å². The van der Waals surface area contributed by atoms with E-state index >= 15 is 0 Å². The minimum Gasteiger partial charge on any atom is -0.441 e. The predicted molar refractivity (Wildman–Crippen MR) is 118 cm³/mol. The normalized spacial score (nSPS) is 17.3. The first kappa shape index (κ1) is 22.2. The van der Waals surface area contributed by atoms with Crippen molar-refractivity contribution in [3.63, 3.8) is 0 Å². The van der Waals surface area contributed by atoms with Crippen LogP contribution in [0.5, 0.6) is 0 Å². The largest absolute Gasteiger partial charge is 0.441 e. The number of rotatable bonds is 5. The summed E-state index contributed by atoms with van der Waals surface area (Å²) < 4.78 is 32.4. The summed E-state index contributed by atoms with van der Waals surface area (Å²) in [6, 6.07) is 6.40. The quantitative estimate of drug-likeness (QED) is 0.471. The molecule has 1 heterocycles. The number of halogens is 2. The summed E-state index contributed by atoms with van der Waals surface area (Å²) in [7, 11) is 0. The molecule has 1 fully saturated rings. The van der Waals surface area contributed by atoms with Gasteiger partial charge in [0.2, 0.25) is 5.89 Å². The van der Waals surface area contributed by atoms with Crippen molar-refractivity contribution in [2.75, 3.05) is 0 Å². The van der Waals surface area contributed by atoms with Gasteiger partial charge in [0.15, 0.2) is 0 Å². The zero-order valence-electron chi connectivity index (χ0n) is 18.2. The van der Waals surface area contributed by atoms with E-state index in [1.165, 1.54) is 36.6 Å². The van der Waals surface area contributed by atoms with Crippen molar-refractivity contribution in [3.8, 4) is 0 Å². The number of allylic oxidation sites excluding steroid dienone is 6. The number of oxazole rings is 1. The molecule has 4 rings (SSSR count). The lowest BCUT2D eigenvalue weighted by atomic mass is 10.0. The van der Waals surface area contributed by atoms with Crippen LogP contribution in [0, 0.1) is 18.7 Å². The fourth-order valence-electron chi connectivity index (χ4n) is 3.55. The Hall–Kier alpha value is -2.49. The number of nitrogens with zero attached hydrogens (tertiary/aromatic N) is 1. The molecule has 0 unspecified atom stereocenters. The molecule has 1 saturated carbocycles. The zero-order valence-corrected chi connectivity index (χ0v) is 18.2. The smallest absolute Gasteiger partial charge is 0.229 e. The molecule has 0 saturated heterocycles. The Morgan fingerprint density at radius 2 is 1.87 bits per heavy atom. The molecule has 2 aliphatic carbocycles. The third kappa shape index (κ3) is 6.01. The van der Waals surface area contributed by atoms with E-state index in [1.54, 1.807) is 19.1 Å². The lowest BCUT2D eigenvalue weighted by molar-refractivity contribution is 0.465. The fraction of sp³-hybridized carbons (Fsp3) is 0.423. The predicted octanol–water partition coefficient (Wildman–Crippen LogP) is 7.69. The summed E-state index contributed by atoms with van der Waals surface area (Å²) in [5, 5.41) is 0. The molecular formula is C26H31F2NO. The van der Waals surface area contributed by atoms with Gasteiger partial charge in [-0.15, -0.1) is 0 Å². The van der Waals surface area contributed by atoms with Gasteiger partial charge in [0, 0.05) is 6.42 Å². The van der Waals surface area contributed by atoms with Crippen LogP contribution in [0.15, 0.2) is 58.3 Å². The number of aromatic nitrogens is 1. The summed E-state index contributed by atoms with van der Waals surface area (Å²) in [4.78, 5) is 4.57. The molecule has 30 heavy (non-hydrogen) atoms. The summed E-state index contributed by atoms with van der Waals surface area (Å²) in [6.45, 7) is 5.76. The lowest BCUT2D eigenvalue weighted by Gasteiger charge is -2.05. The molecule has 0 spiro atoms. The van der Waals surface area contributed by atoms with Crippen LogP contribution in [0.4, 0.5) is 8.78 Å². The van der Waals surface area contributed by atoms with Gasteiger partial charge in [0.25, 0.3) is 0 Å². The number of hydrogen-bond acceptors (Lipinski definition) is 2. The highest BCUT2D eigenvalue weighted by Gasteiger charge is 2.27. The van der Waals surface area contributed by atoms with Gasteiger partial charge >= 0.3 is 0 Å². The molecule has 1 aromatic carbocycles. The Balaban J connectivity index is 0.000000269. The molecular weight excluding hydrogens is 380 g/mol. The van der Waals surface area contributed by atoms with Crippen LogP contribution in [0.3, 0.4) is 0 Å². The molecule has 160 valence electrons. The monoisotopic (exact) mass is 411 g/mol. The second kappa shape index (κ2) is 10.5. The lowest BCUT2D eigenvalue weighted by Crippen LogP contribution is -1.99. The van der Waals surface area contributed by atoms with Crippen LogP contribution in [-0.2, 0) is 12.8 Å². The Morgan fingerprint density at radius 3 is 2.43 bits per heavy atom. The summed E-state index contributed by atoms with van der Waals surface area (Å²) >= 11 is 0. The van der Waals surface area contributed by atoms with Gasteiger partial charge in [-0.3, -0.25) is 0 Å². The van der Waals surface area contributed by atoms with E-state index in [4.69, 9.17) is 4.42 Å². The van der Waals surface area contributed by atoms with Gasteiger partial charge in [0.1, 0.15) is 17.4 Å². The van der Waals surface area contributed by atoms with Gasteiger partial charge in [-0.2, -0.15) is 0 Å². The maximum absolute atomic E-state index is 14.4. The zero-order chi connectivity index (χ0) is 21.5. The Kier molecular flexibility index (Phi) is 7.78. The summed E-state index contributed by atoms with van der Waals surface area (Å²) in [5.74, 6) is 1.56. The Bertz CT molecular complexity index is 886. The summed E-state index contributed by atoms with van der Waals surface area (Å²) in [6.07, 6.45) is 13.2. The topological polar surface area (TPSA) is 26.0 Å². The average Bonchev–Trinajstić information content (AvgIpc) is 3.51. The van der Waals surface area contributed by atoms with Crippen molar-refractivity contribution >= 4 is 5.57 Å². The number of fused-ring (bicyclic) bond motifs is 1. The molecule has 0 atom stereocenters. The number of hydrogen-bond donors (Lipinski definition) is 0. The average molecular weight is 412 g/mol. The van der Waals surface area contributed by atoms with Crippen molar-refractivity contribution in [2.24, 2.45) is 5.92 Å². The Labute approximate surface area is 178 Å². The summed E-state index contributed by atoms with van der Waals surface area (Å²) in [5.41, 5.74) is 3.84. The van der Waals surface area contributed by atoms with E-state index in [1.807, 2.05) is 13.0 Å². The minimum atomic E-state index is -0.249. The van der Waals surface area contributed by atoms with Crippen LogP contribution >= 0.6 is 0 Å². The first-order valence-electron chi connectivity index (χ1n) is 11.0. The van der Waals surface area contributed by atoms with Gasteiger partial charge in [-0.25, -0.2) is 13.8 Å². The molecule has 0 bridgehead atoms. The molecule has 2 nitrogen and oxygen atoms in total. The molecule has 4 heteroatoms. The van der Waals surface area contributed by atoms with Gasteiger partial charge in [0.05, 0.1) is 11.3 Å². The van der Waals surface area contributed by atoms with E-state index < -0.39 is 0 Å². The van der Waals surface area contributed by atoms with Crippen LogP contribution in [0.25, 0.3) is 5.57 Å². The first-order valence-corrected chi connectivity index (χ1v) is 11.0. The second-order valence-corrected chi connectivity index (χ2v) is 7.97. The fourth-order valence-corrected chi connectivity index (χ4v) is 3.55. The van der Waals surface area contributed by atoms with Crippen LogP contribution in [0.2, 0.25) is 0 Å². The first-order chi connectivity index (χ1) is 14.5. The maximum Gasteiger partial charge on any atom is 0.229 e. The number of benzene rings is 1. The second-order valence-electron chi connectivity index (χ2n) is 7.97. The SMILES string of the molecule is C\C=C(F)/C(=C\C(=C\CC)C1CC1)c1nc2c(o1)CCCC2.Cc1ccc(F)cc1. The van der Waals surface area contributed by atoms with Gasteiger partial charge < -0.3 is 4.42 Å². The molecule has 1 aromatic heterocycles. The van der Waals surface area contributed by atoms with Gasteiger partial charge in [-0.1, -0.05) is 36.8 Å². The molecule has 2 aromatic rings. The maximum atomic E-state index is 14.4. The van der Waals surface area contributed by atoms with E-state index in [2.05, 4.69) is 18.0 Å². The molecule has 0 amide bonds. The molecule has 0 N–H and O–H groups in total. The highest BCUT2D eigenvalue weighted by atomic mass is 19.1. The van der Waals surface area contributed by atoms with E-state index in [9.17, 15) is 8.78 Å². The van der Waals surface area contributed by atoms with Crippen LogP contribution in [-0.4, -0.2) is 4.98 Å². The highest BCUT2D eigenvalue weighted by Crippen LogP contribution is 2.40. The van der Waals surface area contributed by atoms with Crippen molar-refractivity contribution in [1.29, 1.82) is 0 Å². The molecule has 2 aliphatic rings. The Morgan fingerprint density at radius 1 is 1.17 bits per heavy atom. The van der Waals surface area contributed by atoms with Crippen LogP contribution in [0.1, 0.15) is 68.9 Å². The minimum absolute atomic E-state index is 0.171. The van der Waals surface area contributed by atoms with E-state index in [-0.39, 0.29) is 11.6 Å². The molecule has 0 radical (unpaired) electrons. The van der Waals surface area contributed by atoms with Gasteiger partial charge in [-0.05, 0) is 82.1 Å². The standard InChI is InChI=1S/C19H24FNO.C7H7F/c1-3-7-14(13-10-11-13)12-15(16(20)4-2)19-21-17-8-5-6-9-18(17)22-19;1-6-2-4-7(8)5-3-6/h4,7,12-13H,3,5-6,8-11H2,1-2H3;2-5H,1H3/b14-7-,15-12+,16-4+;. The number of aryl methyl sites for hydroxylation is 3. The van der Waals surface area contributed by atoms with Crippen molar-refractivity contribution in [2.45, 2.75) is 65.7 Å². The third-order valence-electron chi connectivity index (χ3n) is 5.40. The van der Waals surface area contributed by atoms with Crippen molar-refractivity contribution in [3.05, 3.63) is 82.6 Å². The highest BCUT2D eigenvalue weighted by molar-refractivity contribution is 5.74. The molecule has 0 aliphatic heterocycles.